The molecular formula is C14H11N6+. The molecule has 0 aliphatic carbocycles. The molecule has 6 heteroatoms. The fourth-order valence-electron chi connectivity index (χ4n) is 2.95. The highest BCUT2D eigenvalue weighted by molar-refractivity contribution is 5.76. The zero-order chi connectivity index (χ0) is 15.8. The third-order valence-corrected chi connectivity index (χ3v) is 3.80. The molecule has 0 spiro atoms. The minimum absolute atomic E-state index is 0.433. The molecule has 0 atom stereocenters. The molecule has 4 aromatic rings. The van der Waals surface area contributed by atoms with Crippen LogP contribution in [0.5, 0.6) is 0 Å². The normalized spacial score (nSPS) is 15.9. The van der Waals surface area contributed by atoms with Crippen molar-refractivity contribution < 1.29 is 8.68 Å². The van der Waals surface area contributed by atoms with Crippen molar-refractivity contribution in [3.05, 3.63) is 42.6 Å². The maximum atomic E-state index is 7.95. The van der Waals surface area contributed by atoms with Crippen LogP contribution in [0, 0.1) is 0 Å². The second-order valence-electron chi connectivity index (χ2n) is 4.85. The number of fused-ring (bicyclic) bond motifs is 7. The van der Waals surface area contributed by atoms with Gasteiger partial charge in [-0.25, -0.2) is 14.1 Å². The smallest absolute Gasteiger partial charge is 0.264 e. The summed E-state index contributed by atoms with van der Waals surface area (Å²) in [5, 5.41) is 0. The predicted octanol–water partition coefficient (Wildman–Crippen LogP) is 0.932. The van der Waals surface area contributed by atoms with Crippen LogP contribution in [0.3, 0.4) is 0 Å². The Morgan fingerprint density at radius 1 is 1.30 bits per heavy atom. The maximum absolute atomic E-state index is 7.95. The van der Waals surface area contributed by atoms with Crippen LogP contribution in [0.2, 0.25) is 0 Å². The summed E-state index contributed by atoms with van der Waals surface area (Å²) in [6.45, 7) is -1.74. The Hall–Kier alpha value is -2.76. The zero-order valence-electron chi connectivity index (χ0n) is 13.4. The average Bonchev–Trinajstić information content (AvgIpc) is 3.12. The molecular weight excluding hydrogens is 252 g/mol. The van der Waals surface area contributed by atoms with Crippen LogP contribution in [0.15, 0.2) is 37.1 Å². The van der Waals surface area contributed by atoms with E-state index in [2.05, 4.69) is 15.0 Å². The Kier molecular flexibility index (Phi) is 1.24. The van der Waals surface area contributed by atoms with Gasteiger partial charge in [0, 0.05) is 30.2 Å². The van der Waals surface area contributed by atoms with Crippen molar-refractivity contribution in [2.75, 3.05) is 0 Å². The minimum Gasteiger partial charge on any atom is -0.264 e. The van der Waals surface area contributed by atoms with E-state index in [0.29, 0.717) is 23.7 Å². The van der Waals surface area contributed by atoms with Gasteiger partial charge in [0.05, 0.1) is 23.2 Å². The van der Waals surface area contributed by atoms with Crippen LogP contribution < -0.4 is 4.57 Å². The van der Waals surface area contributed by atoms with Crippen molar-refractivity contribution in [3.8, 4) is 11.4 Å². The van der Waals surface area contributed by atoms with E-state index in [0.717, 1.165) is 16.8 Å². The lowest BCUT2D eigenvalue weighted by atomic mass is 10.2. The number of aromatic nitrogens is 6. The summed E-state index contributed by atoms with van der Waals surface area (Å²) in [5.41, 5.74) is 3.72. The Morgan fingerprint density at radius 2 is 2.25 bits per heavy atom. The Bertz CT molecular complexity index is 1090. The number of rotatable bonds is 0. The summed E-state index contributed by atoms with van der Waals surface area (Å²) < 4.78 is 29.0. The van der Waals surface area contributed by atoms with E-state index in [-0.39, 0.29) is 0 Å². The van der Waals surface area contributed by atoms with Crippen LogP contribution >= 0.6 is 0 Å². The van der Waals surface area contributed by atoms with Gasteiger partial charge in [0.25, 0.3) is 11.3 Å². The molecule has 0 radical (unpaired) electrons. The summed E-state index contributed by atoms with van der Waals surface area (Å²) in [6, 6.07) is 3.68. The largest absolute Gasteiger partial charge is 0.296 e. The van der Waals surface area contributed by atoms with Gasteiger partial charge in [0.2, 0.25) is 11.5 Å². The fourth-order valence-corrected chi connectivity index (χ4v) is 2.95. The van der Waals surface area contributed by atoms with Gasteiger partial charge in [-0.15, -0.1) is 0 Å². The number of aryl methyl sites for hydroxylation is 1. The first-order chi connectivity index (χ1) is 11.1. The van der Waals surface area contributed by atoms with Crippen LogP contribution in [0.4, 0.5) is 0 Å². The van der Waals surface area contributed by atoms with E-state index in [9.17, 15) is 0 Å². The van der Waals surface area contributed by atoms with Gasteiger partial charge < -0.3 is 0 Å². The first-order valence-corrected chi connectivity index (χ1v) is 6.26. The minimum atomic E-state index is -2.33. The lowest BCUT2D eigenvalue weighted by molar-refractivity contribution is -0.648. The van der Waals surface area contributed by atoms with Gasteiger partial charge in [-0.05, 0) is 6.07 Å². The highest BCUT2D eigenvalue weighted by Crippen LogP contribution is 2.29. The topological polar surface area (TPSA) is 51.9 Å². The van der Waals surface area contributed by atoms with Gasteiger partial charge in [0.1, 0.15) is 0 Å². The molecule has 0 saturated heterocycles. The van der Waals surface area contributed by atoms with E-state index < -0.39 is 6.98 Å². The van der Waals surface area contributed by atoms with Crippen molar-refractivity contribution in [2.45, 2.75) is 6.54 Å². The standard InChI is InChI=1S/C14H11N6/c1-18-12-14(20-8-16-5-3-11(20)17-12)19-7-9-2-4-15-6-10(9)13(18)19/h2-6,8H,7H2,1H3/q+1/i1D3. The van der Waals surface area contributed by atoms with Gasteiger partial charge >= 0.3 is 0 Å². The number of hydrogen-bond donors (Lipinski definition) is 0. The van der Waals surface area contributed by atoms with Gasteiger partial charge in [-0.2, -0.15) is 9.38 Å². The summed E-state index contributed by atoms with van der Waals surface area (Å²) in [7, 11) is 0. The highest BCUT2D eigenvalue weighted by Gasteiger charge is 2.33. The lowest BCUT2D eigenvalue weighted by Gasteiger charge is -1.95. The third-order valence-electron chi connectivity index (χ3n) is 3.80. The molecule has 20 heavy (non-hydrogen) atoms. The number of imidazole rings is 2. The molecule has 0 N–H and O–H groups in total. The van der Waals surface area contributed by atoms with Crippen molar-refractivity contribution in [2.24, 2.45) is 6.98 Å². The molecule has 4 aromatic heterocycles. The monoisotopic (exact) mass is 266 g/mol. The molecule has 0 amide bonds. The summed E-state index contributed by atoms with van der Waals surface area (Å²) in [5.74, 6) is 0.615. The number of hydrogen-bond acceptors (Lipinski definition) is 3. The first-order valence-electron chi connectivity index (χ1n) is 7.76. The fraction of sp³-hybridized carbons (Fsp3) is 0.143. The van der Waals surface area contributed by atoms with E-state index >= 15 is 0 Å². The predicted molar refractivity (Wildman–Crippen MR) is 72.0 cm³/mol. The van der Waals surface area contributed by atoms with Crippen molar-refractivity contribution >= 4 is 16.9 Å². The molecule has 0 saturated carbocycles. The molecule has 5 heterocycles. The zero-order valence-corrected chi connectivity index (χ0v) is 10.4. The molecule has 6 nitrogen and oxygen atoms in total. The van der Waals surface area contributed by atoms with E-state index in [1.54, 1.807) is 31.0 Å². The van der Waals surface area contributed by atoms with Gasteiger partial charge in [0.15, 0.2) is 6.33 Å². The van der Waals surface area contributed by atoms with E-state index in [1.807, 2.05) is 15.0 Å². The number of pyridine rings is 1. The Labute approximate surface area is 118 Å². The first kappa shape index (κ1) is 7.74. The second-order valence-corrected chi connectivity index (χ2v) is 4.85. The molecule has 0 aromatic carbocycles. The van der Waals surface area contributed by atoms with E-state index in [4.69, 9.17) is 4.11 Å². The van der Waals surface area contributed by atoms with Crippen molar-refractivity contribution in [1.29, 1.82) is 0 Å². The number of nitrogens with zero attached hydrogens (tertiary/aromatic N) is 6. The molecule has 0 unspecified atom stereocenters. The van der Waals surface area contributed by atoms with Crippen LogP contribution in [0.1, 0.15) is 9.68 Å². The molecule has 5 rings (SSSR count). The SMILES string of the molecule is [2H]C([2H])([2H])n1c2[n+](c3c1nc1ccncn13)Cc1ccncc1-2. The average molecular weight is 266 g/mol. The van der Waals surface area contributed by atoms with Crippen molar-refractivity contribution in [1.82, 2.24) is 23.9 Å². The molecule has 0 fully saturated rings. The van der Waals surface area contributed by atoms with Gasteiger partial charge in [-0.1, -0.05) is 0 Å². The van der Waals surface area contributed by atoms with Gasteiger partial charge in [-0.3, -0.25) is 4.98 Å². The Morgan fingerprint density at radius 3 is 3.20 bits per heavy atom. The molecule has 1 aliphatic rings. The third kappa shape index (κ3) is 1.01. The van der Waals surface area contributed by atoms with Crippen LogP contribution in [-0.2, 0) is 13.5 Å². The lowest BCUT2D eigenvalue weighted by Crippen LogP contribution is -2.32. The molecule has 96 valence electrons. The second kappa shape index (κ2) is 3.22. The van der Waals surface area contributed by atoms with E-state index in [1.165, 1.54) is 4.57 Å². The van der Waals surface area contributed by atoms with Crippen molar-refractivity contribution in [3.63, 3.8) is 0 Å². The Balaban J connectivity index is 2.01. The maximum Gasteiger partial charge on any atom is 0.296 e. The summed E-state index contributed by atoms with van der Waals surface area (Å²) in [4.78, 5) is 12.8. The summed E-state index contributed by atoms with van der Waals surface area (Å²) in [6.07, 6.45) is 6.73. The van der Waals surface area contributed by atoms with Crippen LogP contribution in [-0.4, -0.2) is 23.9 Å². The quantitative estimate of drug-likeness (QED) is 0.392. The summed E-state index contributed by atoms with van der Waals surface area (Å²) >= 11 is 0. The van der Waals surface area contributed by atoms with Crippen LogP contribution in [0.25, 0.3) is 28.3 Å². The highest BCUT2D eigenvalue weighted by atomic mass is 15.3. The molecule has 0 bridgehead atoms. The molecule has 1 aliphatic heterocycles.